The fraction of sp³-hybridized carbons (Fsp3) is 0.150. The predicted octanol–water partition coefficient (Wildman–Crippen LogP) is 4.63. The molecular weight excluding hydrogens is 366 g/mol. The zero-order valence-corrected chi connectivity index (χ0v) is 16.2. The van der Waals surface area contributed by atoms with E-state index in [9.17, 15) is 13.2 Å². The predicted molar refractivity (Wildman–Crippen MR) is 106 cm³/mol. The molecule has 2 aromatic carbocycles. The maximum Gasteiger partial charge on any atom is 0.238 e. The van der Waals surface area contributed by atoms with Gasteiger partial charge in [0.2, 0.25) is 10.0 Å². The molecule has 3 rings (SSSR count). The topological polar surface area (TPSA) is 77.2 Å². The molecule has 0 aliphatic heterocycles. The molecule has 0 aliphatic carbocycles. The van der Waals surface area contributed by atoms with Gasteiger partial charge in [0.1, 0.15) is 0 Å². The van der Waals surface area contributed by atoms with Crippen LogP contribution in [0.15, 0.2) is 59.5 Å². The van der Waals surface area contributed by atoms with Gasteiger partial charge >= 0.3 is 0 Å². The first-order valence-corrected chi connectivity index (χ1v) is 10.5. The normalized spacial score (nSPS) is 11.5. The lowest BCUT2D eigenvalue weighted by atomic mass is 9.97. The summed E-state index contributed by atoms with van der Waals surface area (Å²) in [5.41, 5.74) is 3.75. The van der Waals surface area contributed by atoms with E-state index in [1.54, 1.807) is 12.1 Å². The van der Waals surface area contributed by atoms with Crippen LogP contribution in [0.25, 0.3) is 21.6 Å². The van der Waals surface area contributed by atoms with Crippen LogP contribution in [-0.4, -0.2) is 14.2 Å². The third-order valence-corrected chi connectivity index (χ3v) is 6.54. The molecule has 26 heavy (non-hydrogen) atoms. The third kappa shape index (κ3) is 3.49. The van der Waals surface area contributed by atoms with Crippen LogP contribution >= 0.6 is 11.3 Å². The van der Waals surface area contributed by atoms with Crippen molar-refractivity contribution in [3.05, 3.63) is 65.0 Å². The molecule has 0 atom stereocenters. The van der Waals surface area contributed by atoms with Gasteiger partial charge in [0, 0.05) is 16.9 Å². The summed E-state index contributed by atoms with van der Waals surface area (Å²) in [4.78, 5) is 14.3. The van der Waals surface area contributed by atoms with Crippen molar-refractivity contribution in [2.75, 3.05) is 0 Å². The first-order valence-electron chi connectivity index (χ1n) is 8.18. The third-order valence-electron chi connectivity index (χ3n) is 4.23. The molecule has 0 radical (unpaired) electrons. The Morgan fingerprint density at radius 3 is 2.15 bits per heavy atom. The van der Waals surface area contributed by atoms with E-state index in [2.05, 4.69) is 0 Å². The lowest BCUT2D eigenvalue weighted by Gasteiger charge is -2.06. The number of thiophene rings is 1. The minimum atomic E-state index is -3.75. The number of Topliss-reactive ketones (excluding diaryl/α,β-unsaturated/α-hetero) is 1. The first-order chi connectivity index (χ1) is 12.3. The van der Waals surface area contributed by atoms with Gasteiger partial charge in [0.05, 0.1) is 9.77 Å². The summed E-state index contributed by atoms with van der Waals surface area (Å²) in [6.07, 6.45) is 0.413. The highest BCUT2D eigenvalue weighted by molar-refractivity contribution is 7.89. The molecule has 1 aromatic heterocycles. The molecule has 0 spiro atoms. The second kappa shape index (κ2) is 7.15. The molecule has 0 aliphatic rings. The highest BCUT2D eigenvalue weighted by Crippen LogP contribution is 2.42. The van der Waals surface area contributed by atoms with E-state index in [0.29, 0.717) is 11.3 Å². The van der Waals surface area contributed by atoms with Crippen molar-refractivity contribution in [3.63, 3.8) is 0 Å². The minimum absolute atomic E-state index is 0.0563. The number of primary sulfonamides is 1. The molecule has 1 heterocycles. The number of ketones is 1. The molecule has 3 aromatic rings. The summed E-state index contributed by atoms with van der Waals surface area (Å²) in [7, 11) is -3.75. The monoisotopic (exact) mass is 385 g/mol. The van der Waals surface area contributed by atoms with E-state index in [1.807, 2.05) is 44.2 Å². The SMILES string of the molecule is CCC(=O)c1sc(-c2ccccc2)c(C)c1-c1ccc(S(N)(=O)=O)cc1. The Bertz CT molecular complexity index is 1050. The van der Waals surface area contributed by atoms with Crippen LogP contribution < -0.4 is 5.14 Å². The van der Waals surface area contributed by atoms with Crippen molar-refractivity contribution < 1.29 is 13.2 Å². The van der Waals surface area contributed by atoms with Crippen LogP contribution in [0.5, 0.6) is 0 Å². The zero-order chi connectivity index (χ0) is 18.9. The van der Waals surface area contributed by atoms with E-state index in [0.717, 1.165) is 27.1 Å². The van der Waals surface area contributed by atoms with Crippen molar-refractivity contribution in [3.8, 4) is 21.6 Å². The van der Waals surface area contributed by atoms with Gasteiger partial charge in [0.25, 0.3) is 0 Å². The molecule has 0 amide bonds. The fourth-order valence-electron chi connectivity index (χ4n) is 2.89. The summed E-state index contributed by atoms with van der Waals surface area (Å²) in [5.74, 6) is 0.0748. The summed E-state index contributed by atoms with van der Waals surface area (Å²) in [6.45, 7) is 3.83. The molecule has 0 unspecified atom stereocenters. The number of hydrogen-bond donors (Lipinski definition) is 1. The first kappa shape index (κ1) is 18.5. The van der Waals surface area contributed by atoms with Crippen LogP contribution in [0.3, 0.4) is 0 Å². The van der Waals surface area contributed by atoms with Gasteiger partial charge in [-0.05, 0) is 35.7 Å². The summed E-state index contributed by atoms with van der Waals surface area (Å²) < 4.78 is 23.0. The summed E-state index contributed by atoms with van der Waals surface area (Å²) in [5, 5.41) is 5.18. The van der Waals surface area contributed by atoms with E-state index in [1.165, 1.54) is 23.5 Å². The van der Waals surface area contributed by atoms with Crippen molar-refractivity contribution >= 4 is 27.1 Å². The van der Waals surface area contributed by atoms with Gasteiger partial charge < -0.3 is 0 Å². The maximum atomic E-state index is 12.5. The van der Waals surface area contributed by atoms with E-state index >= 15 is 0 Å². The van der Waals surface area contributed by atoms with Crippen LogP contribution in [0.2, 0.25) is 0 Å². The van der Waals surface area contributed by atoms with Crippen LogP contribution in [0, 0.1) is 6.92 Å². The fourth-order valence-corrected chi connectivity index (χ4v) is 4.75. The van der Waals surface area contributed by atoms with Crippen molar-refractivity contribution in [2.24, 2.45) is 5.14 Å². The molecule has 4 nitrogen and oxygen atoms in total. The number of rotatable bonds is 5. The summed E-state index contributed by atoms with van der Waals surface area (Å²) in [6, 6.07) is 16.3. The Hall–Kier alpha value is -2.28. The van der Waals surface area contributed by atoms with E-state index in [-0.39, 0.29) is 10.7 Å². The van der Waals surface area contributed by atoms with Gasteiger partial charge in [-0.1, -0.05) is 49.4 Å². The molecule has 0 saturated carbocycles. The molecular formula is C20H19NO3S2. The Morgan fingerprint density at radius 2 is 1.62 bits per heavy atom. The average molecular weight is 386 g/mol. The maximum absolute atomic E-state index is 12.5. The Balaban J connectivity index is 2.20. The number of benzene rings is 2. The standard InChI is InChI=1S/C20H19NO3S2/c1-3-17(22)20-18(14-9-11-16(12-10-14)26(21,23)24)13(2)19(25-20)15-7-5-4-6-8-15/h4-12H,3H2,1-2H3,(H2,21,23,24). The number of carbonyl (C=O) groups is 1. The highest BCUT2D eigenvalue weighted by atomic mass is 32.2. The Morgan fingerprint density at radius 1 is 1.00 bits per heavy atom. The quantitative estimate of drug-likeness (QED) is 0.651. The van der Waals surface area contributed by atoms with Crippen LogP contribution in [0.1, 0.15) is 28.6 Å². The number of sulfonamides is 1. The second-order valence-electron chi connectivity index (χ2n) is 5.97. The van der Waals surface area contributed by atoms with Gasteiger partial charge in [-0.2, -0.15) is 0 Å². The number of hydrogen-bond acceptors (Lipinski definition) is 4. The van der Waals surface area contributed by atoms with E-state index in [4.69, 9.17) is 5.14 Å². The Kier molecular flexibility index (Phi) is 5.09. The molecule has 2 N–H and O–H groups in total. The van der Waals surface area contributed by atoms with Gasteiger partial charge in [0.15, 0.2) is 5.78 Å². The average Bonchev–Trinajstić information content (AvgIpc) is 2.98. The minimum Gasteiger partial charge on any atom is -0.293 e. The number of carbonyl (C=O) groups excluding carboxylic acids is 1. The molecule has 6 heteroatoms. The van der Waals surface area contributed by atoms with Crippen molar-refractivity contribution in [1.82, 2.24) is 0 Å². The van der Waals surface area contributed by atoms with Crippen LogP contribution in [0.4, 0.5) is 0 Å². The Labute approximate surface area is 157 Å². The summed E-state index contributed by atoms with van der Waals surface area (Å²) >= 11 is 1.48. The van der Waals surface area contributed by atoms with E-state index < -0.39 is 10.0 Å². The van der Waals surface area contributed by atoms with Crippen LogP contribution in [-0.2, 0) is 10.0 Å². The lowest BCUT2D eigenvalue weighted by Crippen LogP contribution is -2.11. The van der Waals surface area contributed by atoms with Crippen molar-refractivity contribution in [2.45, 2.75) is 25.2 Å². The highest BCUT2D eigenvalue weighted by Gasteiger charge is 2.22. The molecule has 0 fully saturated rings. The van der Waals surface area contributed by atoms with Crippen molar-refractivity contribution in [1.29, 1.82) is 0 Å². The zero-order valence-electron chi connectivity index (χ0n) is 14.5. The molecule has 134 valence electrons. The number of nitrogens with two attached hydrogens (primary N) is 1. The molecule has 0 saturated heterocycles. The molecule has 0 bridgehead atoms. The second-order valence-corrected chi connectivity index (χ2v) is 8.55. The van der Waals surface area contributed by atoms with Gasteiger partial charge in [-0.15, -0.1) is 11.3 Å². The van der Waals surface area contributed by atoms with Gasteiger partial charge in [-0.25, -0.2) is 13.6 Å². The van der Waals surface area contributed by atoms with Gasteiger partial charge in [-0.3, -0.25) is 4.79 Å². The smallest absolute Gasteiger partial charge is 0.238 e. The largest absolute Gasteiger partial charge is 0.293 e. The lowest BCUT2D eigenvalue weighted by molar-refractivity contribution is 0.0992.